The second-order valence-corrected chi connectivity index (χ2v) is 2.89. The summed E-state index contributed by atoms with van der Waals surface area (Å²) >= 11 is 0. The lowest BCUT2D eigenvalue weighted by molar-refractivity contribution is 0.356. The molecule has 0 bridgehead atoms. The van der Waals surface area contributed by atoms with Crippen molar-refractivity contribution in [3.8, 4) is 17.7 Å². The van der Waals surface area contributed by atoms with Gasteiger partial charge in [-0.25, -0.2) is 0 Å². The molecule has 0 spiro atoms. The van der Waals surface area contributed by atoms with Gasteiger partial charge in [0.2, 0.25) is 5.88 Å². The van der Waals surface area contributed by atoms with E-state index in [4.69, 9.17) is 14.7 Å². The van der Waals surface area contributed by atoms with E-state index in [0.29, 0.717) is 5.88 Å². The molecule has 0 saturated heterocycles. The van der Waals surface area contributed by atoms with Crippen molar-refractivity contribution >= 4 is 10.9 Å². The van der Waals surface area contributed by atoms with Crippen molar-refractivity contribution in [2.24, 2.45) is 0 Å². The van der Waals surface area contributed by atoms with Crippen LogP contribution in [0.5, 0.6) is 11.6 Å². The normalized spacial score (nSPS) is 9.87. The second kappa shape index (κ2) is 3.88. The van der Waals surface area contributed by atoms with Crippen molar-refractivity contribution < 1.29 is 9.47 Å². The molecule has 5 nitrogen and oxygen atoms in total. The van der Waals surface area contributed by atoms with Crippen LogP contribution in [0.4, 0.5) is 0 Å². The van der Waals surface area contributed by atoms with Crippen LogP contribution in [0, 0.1) is 11.3 Å². The smallest absolute Gasteiger partial charge is 0.241 e. The Morgan fingerprint density at radius 1 is 1.53 bits per heavy atom. The first-order valence-electron chi connectivity index (χ1n) is 4.37. The van der Waals surface area contributed by atoms with Gasteiger partial charge in [-0.2, -0.15) is 5.26 Å². The molecule has 0 aliphatic carbocycles. The summed E-state index contributed by atoms with van der Waals surface area (Å²) in [6.45, 7) is -0.0167. The summed E-state index contributed by atoms with van der Waals surface area (Å²) in [7, 11) is 1.59. The van der Waals surface area contributed by atoms with E-state index in [0.717, 1.165) is 16.7 Å². The molecule has 0 atom stereocenters. The molecule has 0 aliphatic rings. The number of ether oxygens (including phenoxy) is 2. The molecule has 1 aromatic carbocycles. The fourth-order valence-corrected chi connectivity index (χ4v) is 1.31. The summed E-state index contributed by atoms with van der Waals surface area (Å²) in [4.78, 5) is 0. The van der Waals surface area contributed by atoms with E-state index >= 15 is 0 Å². The average molecular weight is 203 g/mol. The van der Waals surface area contributed by atoms with E-state index in [1.807, 2.05) is 24.3 Å². The minimum atomic E-state index is -0.0167. The summed E-state index contributed by atoms with van der Waals surface area (Å²) in [5.41, 5.74) is 0.851. The minimum absolute atomic E-state index is 0.0167. The number of fused-ring (bicyclic) bond motifs is 1. The number of aromatic nitrogens is 2. The largest absolute Gasteiger partial charge is 0.497 e. The highest BCUT2D eigenvalue weighted by Crippen LogP contribution is 2.26. The number of hydrogen-bond donors (Lipinski definition) is 1. The quantitative estimate of drug-likeness (QED) is 0.820. The zero-order valence-electron chi connectivity index (χ0n) is 8.15. The first kappa shape index (κ1) is 9.34. The number of H-pyrrole nitrogens is 1. The van der Waals surface area contributed by atoms with Gasteiger partial charge in [0, 0.05) is 0 Å². The van der Waals surface area contributed by atoms with Gasteiger partial charge in [-0.1, -0.05) is 0 Å². The van der Waals surface area contributed by atoms with Crippen LogP contribution in [0.1, 0.15) is 0 Å². The Balaban J connectivity index is 2.43. The highest BCUT2D eigenvalue weighted by molar-refractivity contribution is 5.85. The van der Waals surface area contributed by atoms with Gasteiger partial charge in [-0.3, -0.25) is 5.10 Å². The zero-order valence-corrected chi connectivity index (χ0v) is 8.15. The molecule has 0 amide bonds. The maximum Gasteiger partial charge on any atom is 0.241 e. The van der Waals surface area contributed by atoms with E-state index in [1.165, 1.54) is 0 Å². The van der Waals surface area contributed by atoms with E-state index in [9.17, 15) is 0 Å². The predicted octanol–water partition coefficient (Wildman–Crippen LogP) is 1.47. The first-order chi connectivity index (χ1) is 7.35. The summed E-state index contributed by atoms with van der Waals surface area (Å²) in [5, 5.41) is 16.0. The van der Waals surface area contributed by atoms with Gasteiger partial charge < -0.3 is 9.47 Å². The molecule has 1 aromatic heterocycles. The molecule has 2 rings (SSSR count). The maximum atomic E-state index is 8.40. The number of nitriles is 1. The van der Waals surface area contributed by atoms with Gasteiger partial charge in [0.25, 0.3) is 0 Å². The number of aromatic amines is 1. The van der Waals surface area contributed by atoms with Gasteiger partial charge in [-0.15, -0.1) is 5.10 Å². The predicted molar refractivity (Wildman–Crippen MR) is 53.8 cm³/mol. The summed E-state index contributed by atoms with van der Waals surface area (Å²) in [5.74, 6) is 1.15. The number of nitrogens with zero attached hydrogens (tertiary/aromatic N) is 2. The highest BCUT2D eigenvalue weighted by Gasteiger charge is 2.07. The van der Waals surface area contributed by atoms with Crippen molar-refractivity contribution in [2.45, 2.75) is 0 Å². The Morgan fingerprint density at radius 2 is 2.40 bits per heavy atom. The number of nitrogens with one attached hydrogen (secondary N) is 1. The van der Waals surface area contributed by atoms with E-state index < -0.39 is 0 Å². The van der Waals surface area contributed by atoms with Crippen LogP contribution in [0.15, 0.2) is 18.2 Å². The Morgan fingerprint density at radius 3 is 3.13 bits per heavy atom. The third-order valence-electron chi connectivity index (χ3n) is 2.01. The minimum Gasteiger partial charge on any atom is -0.497 e. The number of rotatable bonds is 3. The Bertz CT molecular complexity index is 513. The third kappa shape index (κ3) is 1.70. The summed E-state index contributed by atoms with van der Waals surface area (Å²) in [6, 6.07) is 7.38. The maximum absolute atomic E-state index is 8.40. The molecule has 5 heteroatoms. The Hall–Kier alpha value is -2.22. The lowest BCUT2D eigenvalue weighted by atomic mass is 10.2. The van der Waals surface area contributed by atoms with Crippen LogP contribution in [0.3, 0.4) is 0 Å². The molecular formula is C10H9N3O2. The average Bonchev–Trinajstić information content (AvgIpc) is 2.68. The van der Waals surface area contributed by atoms with Gasteiger partial charge >= 0.3 is 0 Å². The fourth-order valence-electron chi connectivity index (χ4n) is 1.31. The fraction of sp³-hybridized carbons (Fsp3) is 0.200. The molecule has 1 N–H and O–H groups in total. The molecule has 76 valence electrons. The van der Waals surface area contributed by atoms with Crippen molar-refractivity contribution in [1.29, 1.82) is 5.26 Å². The number of hydrogen-bond acceptors (Lipinski definition) is 4. The zero-order chi connectivity index (χ0) is 10.7. The molecule has 0 fully saturated rings. The molecule has 0 aliphatic heterocycles. The Labute approximate surface area is 86.2 Å². The van der Waals surface area contributed by atoms with E-state index in [-0.39, 0.29) is 6.61 Å². The Kier molecular flexibility index (Phi) is 2.42. The van der Waals surface area contributed by atoms with Gasteiger partial charge in [0.15, 0.2) is 6.61 Å². The number of benzene rings is 1. The van der Waals surface area contributed by atoms with Crippen LogP contribution < -0.4 is 9.47 Å². The standard InChI is InChI=1S/C10H9N3O2/c1-14-7-2-3-9-8(6-7)10(13-12-9)15-5-4-11/h2-3,6H,5H2,1H3,(H,12,13). The molecule has 0 unspecified atom stereocenters. The van der Waals surface area contributed by atoms with Crippen molar-refractivity contribution in [3.05, 3.63) is 18.2 Å². The van der Waals surface area contributed by atoms with Crippen LogP contribution in [0.2, 0.25) is 0 Å². The van der Waals surface area contributed by atoms with Crippen molar-refractivity contribution in [2.75, 3.05) is 13.7 Å². The van der Waals surface area contributed by atoms with Gasteiger partial charge in [0.1, 0.15) is 11.8 Å². The molecular weight excluding hydrogens is 194 g/mol. The highest BCUT2D eigenvalue weighted by atomic mass is 16.5. The second-order valence-electron chi connectivity index (χ2n) is 2.89. The number of methoxy groups -OCH3 is 1. The summed E-state index contributed by atoms with van der Waals surface area (Å²) in [6.07, 6.45) is 0. The lowest BCUT2D eigenvalue weighted by Crippen LogP contribution is -1.93. The van der Waals surface area contributed by atoms with Crippen LogP contribution in [-0.2, 0) is 0 Å². The van der Waals surface area contributed by atoms with Crippen LogP contribution in [-0.4, -0.2) is 23.9 Å². The topological polar surface area (TPSA) is 70.9 Å². The first-order valence-corrected chi connectivity index (χ1v) is 4.37. The van der Waals surface area contributed by atoms with Crippen molar-refractivity contribution in [1.82, 2.24) is 10.2 Å². The van der Waals surface area contributed by atoms with E-state index in [2.05, 4.69) is 10.2 Å². The van der Waals surface area contributed by atoms with Gasteiger partial charge in [0.05, 0.1) is 18.0 Å². The molecule has 2 aromatic rings. The SMILES string of the molecule is COc1ccc2[nH]nc(OCC#N)c2c1. The van der Waals surface area contributed by atoms with E-state index in [1.54, 1.807) is 7.11 Å². The monoisotopic (exact) mass is 203 g/mol. The molecule has 1 heterocycles. The van der Waals surface area contributed by atoms with Crippen LogP contribution >= 0.6 is 0 Å². The van der Waals surface area contributed by atoms with Gasteiger partial charge in [-0.05, 0) is 18.2 Å². The van der Waals surface area contributed by atoms with Crippen molar-refractivity contribution in [3.63, 3.8) is 0 Å². The van der Waals surface area contributed by atoms with Crippen LogP contribution in [0.25, 0.3) is 10.9 Å². The lowest BCUT2D eigenvalue weighted by Gasteiger charge is -1.99. The third-order valence-corrected chi connectivity index (χ3v) is 2.01. The summed E-state index contributed by atoms with van der Waals surface area (Å²) < 4.78 is 10.2. The molecule has 0 saturated carbocycles. The molecule has 15 heavy (non-hydrogen) atoms. The molecule has 0 radical (unpaired) electrons.